The molecule has 0 saturated heterocycles. The second-order valence-electron chi connectivity index (χ2n) is 8.99. The molecule has 0 spiro atoms. The van der Waals surface area contributed by atoms with Gasteiger partial charge in [-0.2, -0.15) is 10.2 Å². The molecule has 4 rings (SSSR count). The van der Waals surface area contributed by atoms with Crippen molar-refractivity contribution in [2.75, 3.05) is 0 Å². The van der Waals surface area contributed by atoms with Crippen LogP contribution in [-0.4, -0.2) is 25.4 Å². The monoisotopic (exact) mass is 349 g/mol. The fourth-order valence-electron chi connectivity index (χ4n) is 3.76. The van der Waals surface area contributed by atoms with Crippen LogP contribution in [0.2, 0.25) is 0 Å². The third kappa shape index (κ3) is 2.85. The third-order valence-electron chi connectivity index (χ3n) is 5.41. The molecule has 2 N–H and O–H groups in total. The van der Waals surface area contributed by atoms with E-state index in [9.17, 15) is 0 Å². The Morgan fingerprint density at radius 3 is 2.50 bits per heavy atom. The van der Waals surface area contributed by atoms with Crippen LogP contribution < -0.4 is 0 Å². The first-order valence-corrected chi connectivity index (χ1v) is 9.37. The number of nitrogens with zero attached hydrogens (tertiary/aromatic N) is 3. The Balaban J connectivity index is 1.74. The SMILES string of the molecule is CC(C)(C)c1cc(-c2cccc(-c3n[nH]c4c3CCCC4(C)C)n2)n[nH]1. The summed E-state index contributed by atoms with van der Waals surface area (Å²) in [5, 5.41) is 15.5. The standard InChI is InChI=1S/C21H27N5/c1-20(2,3)17-12-16(23-24-17)14-9-6-10-15(22-14)18-13-8-7-11-21(4,5)19(13)26-25-18/h6,9-10,12H,7-8,11H2,1-5H3,(H,23,24)(H,25,26). The molecule has 136 valence electrons. The molecule has 3 aromatic rings. The van der Waals surface area contributed by atoms with Crippen molar-refractivity contribution in [2.24, 2.45) is 0 Å². The smallest absolute Gasteiger partial charge is 0.114 e. The van der Waals surface area contributed by atoms with Crippen LogP contribution in [0.25, 0.3) is 22.8 Å². The second kappa shape index (κ2) is 5.79. The van der Waals surface area contributed by atoms with Gasteiger partial charge in [0, 0.05) is 27.8 Å². The molecule has 3 aromatic heterocycles. The van der Waals surface area contributed by atoms with Gasteiger partial charge in [0.2, 0.25) is 0 Å². The lowest BCUT2D eigenvalue weighted by atomic mass is 9.76. The highest BCUT2D eigenvalue weighted by Gasteiger charge is 2.32. The summed E-state index contributed by atoms with van der Waals surface area (Å²) in [5.74, 6) is 0. The Morgan fingerprint density at radius 1 is 1.00 bits per heavy atom. The van der Waals surface area contributed by atoms with Crippen molar-refractivity contribution in [1.29, 1.82) is 0 Å². The van der Waals surface area contributed by atoms with E-state index in [1.54, 1.807) is 0 Å². The maximum absolute atomic E-state index is 4.87. The molecule has 0 aromatic carbocycles. The lowest BCUT2D eigenvalue weighted by Gasteiger charge is -2.29. The molecule has 0 radical (unpaired) electrons. The molecular formula is C21H27N5. The molecule has 0 bridgehead atoms. The minimum Gasteiger partial charge on any atom is -0.281 e. The minimum absolute atomic E-state index is 0.0374. The number of nitrogens with one attached hydrogen (secondary N) is 2. The van der Waals surface area contributed by atoms with E-state index >= 15 is 0 Å². The van der Waals surface area contributed by atoms with Crippen molar-refractivity contribution in [3.05, 3.63) is 41.2 Å². The number of aromatic nitrogens is 5. The van der Waals surface area contributed by atoms with E-state index in [1.165, 1.54) is 24.1 Å². The number of aromatic amines is 2. The Labute approximate surface area is 154 Å². The van der Waals surface area contributed by atoms with Crippen LogP contribution in [0.15, 0.2) is 24.3 Å². The molecule has 0 amide bonds. The summed E-state index contributed by atoms with van der Waals surface area (Å²) in [7, 11) is 0. The van der Waals surface area contributed by atoms with Crippen molar-refractivity contribution in [3.8, 4) is 22.8 Å². The van der Waals surface area contributed by atoms with Gasteiger partial charge < -0.3 is 0 Å². The van der Waals surface area contributed by atoms with Crippen LogP contribution in [-0.2, 0) is 17.3 Å². The number of pyridine rings is 1. The summed E-state index contributed by atoms with van der Waals surface area (Å²) in [6, 6.07) is 8.18. The molecular weight excluding hydrogens is 322 g/mol. The van der Waals surface area contributed by atoms with E-state index in [0.717, 1.165) is 34.9 Å². The fourth-order valence-corrected chi connectivity index (χ4v) is 3.76. The van der Waals surface area contributed by atoms with Gasteiger partial charge in [0.05, 0.1) is 11.4 Å². The van der Waals surface area contributed by atoms with E-state index in [0.29, 0.717) is 0 Å². The first-order chi connectivity index (χ1) is 12.3. The van der Waals surface area contributed by atoms with Crippen LogP contribution in [0, 0.1) is 0 Å². The second-order valence-corrected chi connectivity index (χ2v) is 8.99. The molecule has 26 heavy (non-hydrogen) atoms. The van der Waals surface area contributed by atoms with E-state index < -0.39 is 0 Å². The van der Waals surface area contributed by atoms with Gasteiger partial charge in [-0.1, -0.05) is 40.7 Å². The maximum Gasteiger partial charge on any atom is 0.114 e. The molecule has 0 unspecified atom stereocenters. The Bertz CT molecular complexity index is 939. The van der Waals surface area contributed by atoms with Crippen molar-refractivity contribution in [3.63, 3.8) is 0 Å². The lowest BCUT2D eigenvalue weighted by Crippen LogP contribution is -2.23. The van der Waals surface area contributed by atoms with Crippen molar-refractivity contribution in [1.82, 2.24) is 25.4 Å². The zero-order valence-electron chi connectivity index (χ0n) is 16.3. The molecule has 0 fully saturated rings. The number of rotatable bonds is 2. The Hall–Kier alpha value is -2.43. The number of H-pyrrole nitrogens is 2. The predicted molar refractivity (Wildman–Crippen MR) is 104 cm³/mol. The lowest BCUT2D eigenvalue weighted by molar-refractivity contribution is 0.420. The van der Waals surface area contributed by atoms with Crippen LogP contribution in [0.5, 0.6) is 0 Å². The van der Waals surface area contributed by atoms with Crippen molar-refractivity contribution in [2.45, 2.75) is 64.7 Å². The van der Waals surface area contributed by atoms with Crippen LogP contribution in [0.1, 0.15) is 64.4 Å². The minimum atomic E-state index is 0.0374. The molecule has 5 heteroatoms. The van der Waals surface area contributed by atoms with Gasteiger partial charge in [-0.25, -0.2) is 4.98 Å². The largest absolute Gasteiger partial charge is 0.281 e. The molecule has 0 aliphatic heterocycles. The molecule has 5 nitrogen and oxygen atoms in total. The summed E-state index contributed by atoms with van der Waals surface area (Å²) >= 11 is 0. The molecule has 0 atom stereocenters. The van der Waals surface area contributed by atoms with E-state index in [4.69, 9.17) is 4.98 Å². The quantitative estimate of drug-likeness (QED) is 0.700. The first kappa shape index (κ1) is 17.0. The van der Waals surface area contributed by atoms with E-state index in [1.807, 2.05) is 18.2 Å². The number of hydrogen-bond acceptors (Lipinski definition) is 3. The summed E-state index contributed by atoms with van der Waals surface area (Å²) < 4.78 is 0. The highest BCUT2D eigenvalue weighted by atomic mass is 15.1. The van der Waals surface area contributed by atoms with Gasteiger partial charge >= 0.3 is 0 Å². The average molecular weight is 349 g/mol. The highest BCUT2D eigenvalue weighted by Crippen LogP contribution is 2.39. The van der Waals surface area contributed by atoms with Crippen LogP contribution in [0.3, 0.4) is 0 Å². The zero-order chi connectivity index (χ0) is 18.5. The number of hydrogen-bond donors (Lipinski definition) is 2. The first-order valence-electron chi connectivity index (χ1n) is 9.37. The molecule has 0 saturated carbocycles. The summed E-state index contributed by atoms with van der Waals surface area (Å²) in [4.78, 5) is 4.87. The topological polar surface area (TPSA) is 70.2 Å². The highest BCUT2D eigenvalue weighted by molar-refractivity contribution is 5.65. The molecule has 1 aliphatic rings. The zero-order valence-corrected chi connectivity index (χ0v) is 16.3. The molecule has 3 heterocycles. The van der Waals surface area contributed by atoms with Gasteiger partial charge in [-0.15, -0.1) is 0 Å². The Kier molecular flexibility index (Phi) is 3.79. The van der Waals surface area contributed by atoms with E-state index in [2.05, 4.69) is 61.1 Å². The summed E-state index contributed by atoms with van der Waals surface area (Å²) in [5.41, 5.74) is 7.54. The summed E-state index contributed by atoms with van der Waals surface area (Å²) in [6.45, 7) is 11.1. The predicted octanol–water partition coefficient (Wildman–Crippen LogP) is 4.77. The van der Waals surface area contributed by atoms with Crippen LogP contribution >= 0.6 is 0 Å². The van der Waals surface area contributed by atoms with Gasteiger partial charge in [0.15, 0.2) is 0 Å². The van der Waals surface area contributed by atoms with Gasteiger partial charge in [-0.3, -0.25) is 10.2 Å². The molecule has 1 aliphatic carbocycles. The van der Waals surface area contributed by atoms with Crippen molar-refractivity contribution < 1.29 is 0 Å². The van der Waals surface area contributed by atoms with Crippen molar-refractivity contribution >= 4 is 0 Å². The van der Waals surface area contributed by atoms with Gasteiger partial charge in [0.25, 0.3) is 0 Å². The summed E-state index contributed by atoms with van der Waals surface area (Å²) in [6.07, 6.45) is 3.45. The number of fused-ring (bicyclic) bond motifs is 1. The van der Waals surface area contributed by atoms with Gasteiger partial charge in [-0.05, 0) is 37.5 Å². The average Bonchev–Trinajstić information content (AvgIpc) is 3.22. The fraction of sp³-hybridized carbons (Fsp3) is 0.476. The normalized spacial score (nSPS) is 16.5. The Morgan fingerprint density at radius 2 is 1.77 bits per heavy atom. The maximum atomic E-state index is 4.87. The van der Waals surface area contributed by atoms with Crippen LogP contribution in [0.4, 0.5) is 0 Å². The van der Waals surface area contributed by atoms with E-state index in [-0.39, 0.29) is 10.8 Å². The third-order valence-corrected chi connectivity index (χ3v) is 5.41. The van der Waals surface area contributed by atoms with Gasteiger partial charge in [0.1, 0.15) is 11.4 Å².